The number of nitrogens with two attached hydrogens (primary N) is 1. The van der Waals surface area contributed by atoms with Crippen molar-refractivity contribution in [1.29, 1.82) is 0 Å². The average Bonchev–Trinajstić information content (AvgIpc) is 2.83. The summed E-state index contributed by atoms with van der Waals surface area (Å²) in [7, 11) is 0. The first-order chi connectivity index (χ1) is 9.37. The van der Waals surface area contributed by atoms with E-state index in [2.05, 4.69) is 10.3 Å². The van der Waals surface area contributed by atoms with Gasteiger partial charge in [-0.2, -0.15) is 0 Å². The molecule has 0 spiro atoms. The van der Waals surface area contributed by atoms with E-state index in [-0.39, 0.29) is 12.5 Å². The number of oxazole rings is 1. The predicted octanol–water partition coefficient (Wildman–Crippen LogP) is 1.24. The lowest BCUT2D eigenvalue weighted by atomic mass is 10.1. The van der Waals surface area contributed by atoms with Crippen molar-refractivity contribution < 1.29 is 14.0 Å². The zero-order valence-corrected chi connectivity index (χ0v) is 11.1. The minimum absolute atomic E-state index is 0.00266. The van der Waals surface area contributed by atoms with Crippen LogP contribution in [0.4, 0.5) is 10.5 Å². The lowest BCUT2D eigenvalue weighted by Gasteiger charge is -2.14. The minimum Gasteiger partial charge on any atom is -0.439 e. The molecule has 0 saturated carbocycles. The number of rotatable bonds is 2. The molecular weight excluding hydrogens is 260 g/mol. The molecular formula is C13H14N4O3. The maximum absolute atomic E-state index is 12.1. The highest BCUT2D eigenvalue weighted by Gasteiger charge is 2.44. The Hall–Kier alpha value is -2.57. The molecule has 0 bridgehead atoms. The molecule has 2 heterocycles. The summed E-state index contributed by atoms with van der Waals surface area (Å²) in [5, 5.41) is 2.60. The minimum atomic E-state index is -0.895. The molecule has 20 heavy (non-hydrogen) atoms. The molecule has 3 N–H and O–H groups in total. The molecule has 104 valence electrons. The summed E-state index contributed by atoms with van der Waals surface area (Å²) in [6.07, 6.45) is 0. The van der Waals surface area contributed by atoms with Gasteiger partial charge < -0.3 is 15.5 Å². The van der Waals surface area contributed by atoms with Crippen molar-refractivity contribution in [3.05, 3.63) is 24.1 Å². The number of anilines is 1. The maximum Gasteiger partial charge on any atom is 0.325 e. The van der Waals surface area contributed by atoms with Crippen LogP contribution in [0.3, 0.4) is 0 Å². The molecule has 0 radical (unpaired) electrons. The number of benzene rings is 1. The van der Waals surface area contributed by atoms with E-state index in [4.69, 9.17) is 10.2 Å². The zero-order valence-electron chi connectivity index (χ0n) is 11.1. The number of imide groups is 1. The van der Waals surface area contributed by atoms with Crippen molar-refractivity contribution in [3.63, 3.8) is 0 Å². The van der Waals surface area contributed by atoms with E-state index in [1.807, 2.05) is 0 Å². The number of nitrogens with one attached hydrogen (secondary N) is 1. The molecule has 1 aliphatic rings. The molecule has 1 aromatic heterocycles. The molecule has 7 nitrogen and oxygen atoms in total. The number of carbonyl (C=O) groups excluding carboxylic acids is 2. The third-order valence-electron chi connectivity index (χ3n) is 3.19. The Bertz CT molecular complexity index is 719. The van der Waals surface area contributed by atoms with Crippen LogP contribution in [0.25, 0.3) is 11.1 Å². The first kappa shape index (κ1) is 12.5. The van der Waals surface area contributed by atoms with Crippen molar-refractivity contribution in [2.45, 2.75) is 25.9 Å². The van der Waals surface area contributed by atoms with Crippen LogP contribution >= 0.6 is 0 Å². The summed E-state index contributed by atoms with van der Waals surface area (Å²) in [6.45, 7) is 3.31. The summed E-state index contributed by atoms with van der Waals surface area (Å²) in [6, 6.07) is 4.64. The molecule has 7 heteroatoms. The van der Waals surface area contributed by atoms with Crippen LogP contribution in [0.1, 0.15) is 19.7 Å². The fourth-order valence-electron chi connectivity index (χ4n) is 2.16. The number of aromatic nitrogens is 1. The molecule has 0 atom stereocenters. The SMILES string of the molecule is CC1(C)NC(=O)N(Cc2nc3cc(N)ccc3o2)C1=O. The van der Waals surface area contributed by atoms with Gasteiger partial charge in [0.2, 0.25) is 5.89 Å². The normalized spacial score (nSPS) is 17.8. The number of nitrogen functional groups attached to an aromatic ring is 1. The summed E-state index contributed by atoms with van der Waals surface area (Å²) >= 11 is 0. The van der Waals surface area contributed by atoms with Crippen LogP contribution in [-0.4, -0.2) is 27.4 Å². The third kappa shape index (κ3) is 1.87. The summed E-state index contributed by atoms with van der Waals surface area (Å²) in [4.78, 5) is 29.2. The van der Waals surface area contributed by atoms with Crippen LogP contribution in [-0.2, 0) is 11.3 Å². The van der Waals surface area contributed by atoms with E-state index >= 15 is 0 Å². The lowest BCUT2D eigenvalue weighted by molar-refractivity contribution is -0.130. The molecule has 3 amide bonds. The second kappa shape index (κ2) is 3.96. The molecule has 1 fully saturated rings. The van der Waals surface area contributed by atoms with Gasteiger partial charge in [0.05, 0.1) is 0 Å². The fourth-order valence-corrected chi connectivity index (χ4v) is 2.16. The number of hydrogen-bond donors (Lipinski definition) is 2. The summed E-state index contributed by atoms with van der Waals surface area (Å²) < 4.78 is 5.51. The Labute approximate surface area is 114 Å². The predicted molar refractivity (Wildman–Crippen MR) is 71.6 cm³/mol. The largest absolute Gasteiger partial charge is 0.439 e. The van der Waals surface area contributed by atoms with E-state index in [1.165, 1.54) is 0 Å². The number of nitrogens with zero attached hydrogens (tertiary/aromatic N) is 2. The van der Waals surface area contributed by atoms with Crippen LogP contribution in [0, 0.1) is 0 Å². The van der Waals surface area contributed by atoms with Gasteiger partial charge in [0.15, 0.2) is 5.58 Å². The lowest BCUT2D eigenvalue weighted by Crippen LogP contribution is -2.40. The Balaban J connectivity index is 1.90. The van der Waals surface area contributed by atoms with Gasteiger partial charge in [-0.1, -0.05) is 0 Å². The van der Waals surface area contributed by atoms with Gasteiger partial charge in [-0.05, 0) is 32.0 Å². The fraction of sp³-hybridized carbons (Fsp3) is 0.308. The van der Waals surface area contributed by atoms with Gasteiger partial charge in [0.1, 0.15) is 17.6 Å². The number of urea groups is 1. The molecule has 1 aromatic carbocycles. The first-order valence-electron chi connectivity index (χ1n) is 6.16. The highest BCUT2D eigenvalue weighted by Crippen LogP contribution is 2.22. The van der Waals surface area contributed by atoms with E-state index in [1.54, 1.807) is 32.0 Å². The summed E-state index contributed by atoms with van der Waals surface area (Å²) in [5.74, 6) is -0.00364. The second-order valence-electron chi connectivity index (χ2n) is 5.28. The quantitative estimate of drug-likeness (QED) is 0.633. The maximum atomic E-state index is 12.1. The Kier molecular flexibility index (Phi) is 2.47. The molecule has 1 saturated heterocycles. The number of hydrogen-bond acceptors (Lipinski definition) is 5. The van der Waals surface area contributed by atoms with E-state index in [9.17, 15) is 9.59 Å². The second-order valence-corrected chi connectivity index (χ2v) is 5.28. The van der Waals surface area contributed by atoms with Crippen LogP contribution in [0.2, 0.25) is 0 Å². The Morgan fingerprint density at radius 3 is 2.80 bits per heavy atom. The Morgan fingerprint density at radius 1 is 1.40 bits per heavy atom. The van der Waals surface area contributed by atoms with Crippen LogP contribution in [0.5, 0.6) is 0 Å². The zero-order chi connectivity index (χ0) is 14.5. The van der Waals surface area contributed by atoms with Crippen molar-refractivity contribution in [1.82, 2.24) is 15.2 Å². The van der Waals surface area contributed by atoms with Gasteiger partial charge in [-0.15, -0.1) is 0 Å². The number of fused-ring (bicyclic) bond motifs is 1. The van der Waals surface area contributed by atoms with Crippen LogP contribution < -0.4 is 11.1 Å². The molecule has 3 rings (SSSR count). The van der Waals surface area contributed by atoms with Crippen molar-refractivity contribution in [2.24, 2.45) is 0 Å². The smallest absolute Gasteiger partial charge is 0.325 e. The molecule has 0 unspecified atom stereocenters. The van der Waals surface area contributed by atoms with Gasteiger partial charge >= 0.3 is 6.03 Å². The van der Waals surface area contributed by atoms with Gasteiger partial charge in [-0.3, -0.25) is 9.69 Å². The molecule has 0 aliphatic carbocycles. The van der Waals surface area contributed by atoms with Crippen molar-refractivity contribution in [2.75, 3.05) is 5.73 Å². The van der Waals surface area contributed by atoms with Gasteiger partial charge in [0.25, 0.3) is 5.91 Å². The van der Waals surface area contributed by atoms with Gasteiger partial charge in [0, 0.05) is 5.69 Å². The molecule has 1 aliphatic heterocycles. The standard InChI is InChI=1S/C13H14N4O3/c1-13(2)11(18)17(12(19)16-13)6-10-15-8-5-7(14)3-4-9(8)20-10/h3-5H,6,14H2,1-2H3,(H,16,19). The highest BCUT2D eigenvalue weighted by atomic mass is 16.3. The average molecular weight is 274 g/mol. The third-order valence-corrected chi connectivity index (χ3v) is 3.19. The summed E-state index contributed by atoms with van der Waals surface area (Å²) in [5.41, 5.74) is 6.52. The monoisotopic (exact) mass is 274 g/mol. The topological polar surface area (TPSA) is 101 Å². The van der Waals surface area contributed by atoms with Crippen molar-refractivity contribution >= 4 is 28.7 Å². The van der Waals surface area contributed by atoms with E-state index in [0.717, 1.165) is 4.90 Å². The number of amides is 3. The van der Waals surface area contributed by atoms with Crippen molar-refractivity contribution in [3.8, 4) is 0 Å². The van der Waals surface area contributed by atoms with E-state index < -0.39 is 11.6 Å². The number of carbonyl (C=O) groups is 2. The Morgan fingerprint density at radius 2 is 2.15 bits per heavy atom. The first-order valence-corrected chi connectivity index (χ1v) is 6.16. The van der Waals surface area contributed by atoms with Gasteiger partial charge in [-0.25, -0.2) is 9.78 Å². The molecule has 2 aromatic rings. The van der Waals surface area contributed by atoms with E-state index in [0.29, 0.717) is 22.7 Å². The van der Waals surface area contributed by atoms with Crippen LogP contribution in [0.15, 0.2) is 22.6 Å². The highest BCUT2D eigenvalue weighted by molar-refractivity contribution is 6.06.